The van der Waals surface area contributed by atoms with E-state index in [0.717, 1.165) is 36.8 Å². The number of nitrogens with zero attached hydrogens (tertiary/aromatic N) is 2. The Morgan fingerprint density at radius 1 is 0.853 bits per heavy atom. The highest BCUT2D eigenvalue weighted by Crippen LogP contribution is 2.24. The quantitative estimate of drug-likeness (QED) is 0.649. The number of benzene rings is 2. The summed E-state index contributed by atoms with van der Waals surface area (Å²) in [4.78, 5) is 28.7. The molecule has 34 heavy (non-hydrogen) atoms. The number of carbonyl (C=O) groups excluding carboxylic acids is 2. The van der Waals surface area contributed by atoms with Crippen molar-refractivity contribution in [3.63, 3.8) is 0 Å². The molecule has 1 heterocycles. The van der Waals surface area contributed by atoms with E-state index in [2.05, 4.69) is 4.72 Å². The van der Waals surface area contributed by atoms with Crippen molar-refractivity contribution in [2.45, 2.75) is 43.4 Å². The second kappa shape index (κ2) is 10.7. The van der Waals surface area contributed by atoms with Crippen LogP contribution in [-0.2, 0) is 38.9 Å². The zero-order valence-electron chi connectivity index (χ0n) is 19.1. The van der Waals surface area contributed by atoms with Crippen LogP contribution in [0.3, 0.4) is 0 Å². The summed E-state index contributed by atoms with van der Waals surface area (Å²) in [5, 5.41) is 0. The molecule has 0 bridgehead atoms. The normalized spacial score (nSPS) is 16.3. The number of amides is 2. The topological polar surface area (TPSA) is 86.8 Å². The highest BCUT2D eigenvalue weighted by molar-refractivity contribution is 7.89. The van der Waals surface area contributed by atoms with Gasteiger partial charge in [-0.05, 0) is 66.6 Å². The lowest BCUT2D eigenvalue weighted by atomic mass is 9.92. The number of nitrogens with one attached hydrogen (secondary N) is 1. The first-order valence-electron chi connectivity index (χ1n) is 11.7. The molecule has 1 aliphatic heterocycles. The number of rotatable bonds is 7. The van der Waals surface area contributed by atoms with Gasteiger partial charge >= 0.3 is 0 Å². The van der Waals surface area contributed by atoms with Crippen molar-refractivity contribution < 1.29 is 22.4 Å². The van der Waals surface area contributed by atoms with Gasteiger partial charge in [-0.25, -0.2) is 17.5 Å². The molecule has 7 nitrogen and oxygen atoms in total. The third kappa shape index (κ3) is 6.01. The summed E-state index contributed by atoms with van der Waals surface area (Å²) in [6.45, 7) is 1.69. The fourth-order valence-corrected chi connectivity index (χ4v) is 5.59. The van der Waals surface area contributed by atoms with E-state index in [4.69, 9.17) is 0 Å². The molecule has 2 aromatic carbocycles. The Kier molecular flexibility index (Phi) is 7.63. The summed E-state index contributed by atoms with van der Waals surface area (Å²) in [7, 11) is -3.67. The number of piperazine rings is 1. The van der Waals surface area contributed by atoms with Gasteiger partial charge in [0.25, 0.3) is 0 Å². The molecule has 1 N–H and O–H groups in total. The third-order valence-corrected chi connectivity index (χ3v) is 7.97. The molecule has 0 saturated carbocycles. The smallest absolute Gasteiger partial charge is 0.240 e. The van der Waals surface area contributed by atoms with Crippen LogP contribution < -0.4 is 4.72 Å². The fourth-order valence-electron chi connectivity index (χ4n) is 4.50. The molecule has 0 radical (unpaired) electrons. The zero-order valence-corrected chi connectivity index (χ0v) is 19.9. The van der Waals surface area contributed by atoms with Gasteiger partial charge < -0.3 is 9.80 Å². The molecule has 0 unspecified atom stereocenters. The van der Waals surface area contributed by atoms with Gasteiger partial charge in [0.2, 0.25) is 21.8 Å². The summed E-state index contributed by atoms with van der Waals surface area (Å²) in [6.07, 6.45) is 4.35. The van der Waals surface area contributed by atoms with Crippen molar-refractivity contribution in [3.05, 3.63) is 65.0 Å². The molecule has 0 atom stereocenters. The van der Waals surface area contributed by atoms with Crippen LogP contribution in [0.4, 0.5) is 4.39 Å². The van der Waals surface area contributed by atoms with E-state index in [9.17, 15) is 22.4 Å². The summed E-state index contributed by atoms with van der Waals surface area (Å²) in [5.74, 6) is -0.538. The number of hydrogen-bond acceptors (Lipinski definition) is 4. The van der Waals surface area contributed by atoms with Crippen LogP contribution in [-0.4, -0.2) is 62.8 Å². The Balaban J connectivity index is 1.22. The molecule has 2 aromatic rings. The van der Waals surface area contributed by atoms with E-state index in [1.54, 1.807) is 34.1 Å². The highest BCUT2D eigenvalue weighted by Gasteiger charge is 2.24. The van der Waals surface area contributed by atoms with Gasteiger partial charge in [-0.3, -0.25) is 9.59 Å². The summed E-state index contributed by atoms with van der Waals surface area (Å²) >= 11 is 0. The first kappa shape index (κ1) is 24.3. The minimum Gasteiger partial charge on any atom is -0.339 e. The molecule has 2 amide bonds. The molecule has 4 rings (SSSR count). The van der Waals surface area contributed by atoms with E-state index in [0.29, 0.717) is 26.2 Å². The number of hydrogen-bond donors (Lipinski definition) is 1. The zero-order chi connectivity index (χ0) is 24.1. The second-order valence-electron chi connectivity index (χ2n) is 8.85. The summed E-state index contributed by atoms with van der Waals surface area (Å²) in [6, 6.07) is 11.1. The van der Waals surface area contributed by atoms with Gasteiger partial charge in [0, 0.05) is 39.1 Å². The van der Waals surface area contributed by atoms with Crippen molar-refractivity contribution in [2.24, 2.45) is 0 Å². The Bertz CT molecular complexity index is 1140. The van der Waals surface area contributed by atoms with Crippen molar-refractivity contribution in [1.82, 2.24) is 14.5 Å². The number of fused-ring (bicyclic) bond motifs is 1. The van der Waals surface area contributed by atoms with Gasteiger partial charge in [-0.2, -0.15) is 0 Å². The maximum atomic E-state index is 13.0. The standard InChI is InChI=1S/C25H30FN3O4S/c26-22-8-5-19(6-9-22)17-25(31)29-15-13-28(14-16-29)24(30)11-12-27-34(32,33)23-10-7-20-3-1-2-4-21(20)18-23/h5-10,18,27H,1-4,11-17H2. The lowest BCUT2D eigenvalue weighted by molar-refractivity contribution is -0.139. The third-order valence-electron chi connectivity index (χ3n) is 6.51. The number of halogens is 1. The predicted molar refractivity (Wildman–Crippen MR) is 126 cm³/mol. The SMILES string of the molecule is O=C(CCNS(=O)(=O)c1ccc2c(c1)CCCC2)N1CCN(C(=O)Cc2ccc(F)cc2)CC1. The number of aryl methyl sites for hydroxylation is 2. The van der Waals surface area contributed by atoms with E-state index < -0.39 is 10.0 Å². The molecule has 0 spiro atoms. The minimum atomic E-state index is -3.67. The lowest BCUT2D eigenvalue weighted by Gasteiger charge is -2.35. The van der Waals surface area contributed by atoms with Crippen molar-refractivity contribution in [3.8, 4) is 0 Å². The van der Waals surface area contributed by atoms with E-state index >= 15 is 0 Å². The average Bonchev–Trinajstić information content (AvgIpc) is 2.85. The van der Waals surface area contributed by atoms with Crippen LogP contribution in [0.5, 0.6) is 0 Å². The fraction of sp³-hybridized carbons (Fsp3) is 0.440. The molecule has 1 saturated heterocycles. The molecule has 2 aliphatic rings. The Morgan fingerprint density at radius 2 is 1.47 bits per heavy atom. The van der Waals surface area contributed by atoms with Gasteiger partial charge in [-0.1, -0.05) is 18.2 Å². The minimum absolute atomic E-state index is 0.0297. The molecule has 1 fully saturated rings. The summed E-state index contributed by atoms with van der Waals surface area (Å²) < 4.78 is 40.9. The van der Waals surface area contributed by atoms with E-state index in [1.165, 1.54) is 17.7 Å². The van der Waals surface area contributed by atoms with E-state index in [1.807, 2.05) is 6.07 Å². The molecule has 1 aliphatic carbocycles. The predicted octanol–water partition coefficient (Wildman–Crippen LogP) is 2.29. The van der Waals surface area contributed by atoms with Crippen LogP contribution in [0, 0.1) is 5.82 Å². The molecule has 0 aromatic heterocycles. The molecular weight excluding hydrogens is 457 g/mol. The molecular formula is C25H30FN3O4S. The highest BCUT2D eigenvalue weighted by atomic mass is 32.2. The average molecular weight is 488 g/mol. The molecule has 9 heteroatoms. The van der Waals surface area contributed by atoms with Crippen LogP contribution in [0.15, 0.2) is 47.4 Å². The van der Waals surface area contributed by atoms with Crippen molar-refractivity contribution in [2.75, 3.05) is 32.7 Å². The first-order chi connectivity index (χ1) is 16.3. The van der Waals surface area contributed by atoms with Crippen molar-refractivity contribution >= 4 is 21.8 Å². The first-order valence-corrected chi connectivity index (χ1v) is 13.2. The lowest BCUT2D eigenvalue weighted by Crippen LogP contribution is -2.51. The van der Waals surface area contributed by atoms with Crippen LogP contribution in [0.2, 0.25) is 0 Å². The maximum absolute atomic E-state index is 13.0. The van der Waals surface area contributed by atoms with Crippen LogP contribution in [0.25, 0.3) is 0 Å². The largest absolute Gasteiger partial charge is 0.339 e. The Hall–Kier alpha value is -2.78. The van der Waals surface area contributed by atoms with Gasteiger partial charge in [-0.15, -0.1) is 0 Å². The van der Waals surface area contributed by atoms with Gasteiger partial charge in [0.1, 0.15) is 5.82 Å². The number of sulfonamides is 1. The van der Waals surface area contributed by atoms with Crippen LogP contribution >= 0.6 is 0 Å². The Morgan fingerprint density at radius 3 is 2.15 bits per heavy atom. The molecule has 182 valence electrons. The van der Waals surface area contributed by atoms with Gasteiger partial charge in [0.05, 0.1) is 11.3 Å². The summed E-state index contributed by atoms with van der Waals surface area (Å²) in [5.41, 5.74) is 3.06. The van der Waals surface area contributed by atoms with Crippen LogP contribution in [0.1, 0.15) is 36.0 Å². The second-order valence-corrected chi connectivity index (χ2v) is 10.6. The van der Waals surface area contributed by atoms with Crippen molar-refractivity contribution in [1.29, 1.82) is 0 Å². The number of carbonyl (C=O) groups is 2. The Labute approximate surface area is 200 Å². The van der Waals surface area contributed by atoms with E-state index in [-0.39, 0.29) is 41.9 Å². The monoisotopic (exact) mass is 487 g/mol. The maximum Gasteiger partial charge on any atom is 0.240 e. The van der Waals surface area contributed by atoms with Gasteiger partial charge in [0.15, 0.2) is 0 Å².